The van der Waals surface area contributed by atoms with Gasteiger partial charge in [0.05, 0.1) is 0 Å². The summed E-state index contributed by atoms with van der Waals surface area (Å²) in [5.41, 5.74) is 0. The third kappa shape index (κ3) is 2.67. The van der Waals surface area contributed by atoms with E-state index in [1.54, 1.807) is 11.7 Å². The van der Waals surface area contributed by atoms with Crippen LogP contribution < -0.4 is 0 Å². The normalized spacial score (nSPS) is 8.75. The topological polar surface area (TPSA) is 20.3 Å². The Bertz CT molecular complexity index is 84.5. The average Bonchev–Trinajstić information content (AvgIpc) is 1.67. The van der Waals surface area contributed by atoms with Crippen molar-refractivity contribution < 1.29 is 4.79 Å². The number of hydrogen-bond acceptors (Lipinski definition) is 1. The fraction of sp³-hybridized carbons (Fsp3) is 0.800. The van der Waals surface area contributed by atoms with Crippen molar-refractivity contribution in [3.05, 3.63) is 0 Å². The van der Waals surface area contributed by atoms with Gasteiger partial charge >= 0.3 is 0 Å². The summed E-state index contributed by atoms with van der Waals surface area (Å²) in [6.45, 7) is 4.50. The van der Waals surface area contributed by atoms with Gasteiger partial charge in [0, 0.05) is 13.5 Å². The lowest BCUT2D eigenvalue weighted by atomic mass is 10.2. The lowest BCUT2D eigenvalue weighted by Crippen LogP contribution is -2.25. The zero-order valence-corrected chi connectivity index (χ0v) is 5.77. The molecule has 0 spiro atoms. The Kier molecular flexibility index (Phi) is 3.32. The maximum atomic E-state index is 10.5. The molecule has 0 aromatic heterocycles. The molecular weight excluding hydrogens is 101 g/mol. The predicted octanol–water partition coefficient (Wildman–Crippen LogP) is -0.207. The van der Waals surface area contributed by atoms with Gasteiger partial charge in [-0.2, -0.15) is 0 Å². The molecule has 0 fully saturated rings. The highest BCUT2D eigenvalue weighted by molar-refractivity contribution is 6.13. The Labute approximate surface area is 51.3 Å². The maximum Gasteiger partial charge on any atom is 0.221 e. The Hall–Kier alpha value is -0.465. The van der Waals surface area contributed by atoms with Crippen LogP contribution in [0.1, 0.15) is 20.3 Å². The molecule has 3 heteroatoms. The van der Waals surface area contributed by atoms with Gasteiger partial charge < -0.3 is 4.81 Å². The molecule has 0 atom stereocenters. The van der Waals surface area contributed by atoms with Crippen LogP contribution in [0.5, 0.6) is 0 Å². The second-order valence-corrected chi connectivity index (χ2v) is 1.94. The van der Waals surface area contributed by atoms with E-state index < -0.39 is 0 Å². The number of amides is 1. The molecule has 0 aromatic rings. The quantitative estimate of drug-likeness (QED) is 0.454. The minimum atomic E-state index is 0.145. The molecule has 46 valence electrons. The van der Waals surface area contributed by atoms with Crippen LogP contribution in [0.3, 0.4) is 0 Å². The van der Waals surface area contributed by atoms with Gasteiger partial charge in [-0.05, 0) is 6.42 Å². The monoisotopic (exact) mass is 113 g/mol. The summed E-state index contributed by atoms with van der Waals surface area (Å²) in [4.78, 5) is 12.2. The van der Waals surface area contributed by atoms with Crippen LogP contribution in [0.25, 0.3) is 0 Å². The molecule has 0 unspecified atom stereocenters. The van der Waals surface area contributed by atoms with Crippen molar-refractivity contribution in [3.8, 4) is 0 Å². The summed E-state index contributed by atoms with van der Waals surface area (Å²) in [5.74, 6) is 0.145. The Balaban J connectivity index is 3.32. The van der Waals surface area contributed by atoms with Crippen LogP contribution in [0.15, 0.2) is 0 Å². The van der Waals surface area contributed by atoms with Crippen LogP contribution in [0.4, 0.5) is 0 Å². The molecule has 0 aromatic carbocycles. The van der Waals surface area contributed by atoms with Crippen molar-refractivity contribution in [2.45, 2.75) is 20.3 Å². The Morgan fingerprint density at radius 2 is 2.25 bits per heavy atom. The summed E-state index contributed by atoms with van der Waals surface area (Å²) in [6, 6.07) is 0. The van der Waals surface area contributed by atoms with E-state index in [9.17, 15) is 4.79 Å². The molecule has 0 bridgehead atoms. The standard InChI is InChI=1S/C5H12BNO/c1-3-4-7(6)5(2)8/h3-4,6H2,1-2H3. The van der Waals surface area contributed by atoms with Gasteiger partial charge in [0.1, 0.15) is 0 Å². The van der Waals surface area contributed by atoms with Gasteiger partial charge in [-0.25, -0.2) is 0 Å². The zero-order chi connectivity index (χ0) is 6.57. The number of nitrogens with zero attached hydrogens (tertiary/aromatic N) is 1. The third-order valence-electron chi connectivity index (χ3n) is 1.10. The van der Waals surface area contributed by atoms with Crippen molar-refractivity contribution in [3.63, 3.8) is 0 Å². The van der Waals surface area contributed by atoms with E-state index in [1.165, 1.54) is 0 Å². The van der Waals surface area contributed by atoms with Crippen LogP contribution in [0.2, 0.25) is 0 Å². The zero-order valence-electron chi connectivity index (χ0n) is 5.77. The van der Waals surface area contributed by atoms with E-state index in [-0.39, 0.29) is 5.91 Å². The molecule has 0 saturated carbocycles. The SMILES string of the molecule is BN(CCC)C(C)=O. The third-order valence-corrected chi connectivity index (χ3v) is 1.10. The van der Waals surface area contributed by atoms with Crippen molar-refractivity contribution in [1.29, 1.82) is 0 Å². The van der Waals surface area contributed by atoms with Crippen LogP contribution >= 0.6 is 0 Å². The summed E-state index contributed by atoms with van der Waals surface area (Å²) in [5, 5.41) is 0. The first-order valence-corrected chi connectivity index (χ1v) is 2.90. The Morgan fingerprint density at radius 1 is 1.75 bits per heavy atom. The van der Waals surface area contributed by atoms with E-state index in [0.717, 1.165) is 13.0 Å². The lowest BCUT2D eigenvalue weighted by molar-refractivity contribution is -0.124. The second-order valence-electron chi connectivity index (χ2n) is 1.94. The average molecular weight is 113 g/mol. The first-order valence-electron chi connectivity index (χ1n) is 2.90. The van der Waals surface area contributed by atoms with E-state index in [0.29, 0.717) is 0 Å². The van der Waals surface area contributed by atoms with Gasteiger partial charge in [0.2, 0.25) is 13.9 Å². The molecule has 0 saturated heterocycles. The van der Waals surface area contributed by atoms with Crippen molar-refractivity contribution in [2.75, 3.05) is 6.54 Å². The predicted molar refractivity (Wildman–Crippen MR) is 36.2 cm³/mol. The molecule has 0 N–H and O–H groups in total. The first kappa shape index (κ1) is 7.53. The summed E-state index contributed by atoms with van der Waals surface area (Å²) >= 11 is 0. The van der Waals surface area contributed by atoms with E-state index in [1.807, 2.05) is 7.98 Å². The second kappa shape index (κ2) is 3.53. The molecular formula is C5H12BNO. The smallest absolute Gasteiger partial charge is 0.221 e. The molecule has 0 rings (SSSR count). The number of carbonyl (C=O) groups is 1. The molecule has 2 nitrogen and oxygen atoms in total. The summed E-state index contributed by atoms with van der Waals surface area (Å²) in [7, 11) is 1.81. The van der Waals surface area contributed by atoms with Gasteiger partial charge in [0.25, 0.3) is 0 Å². The molecule has 0 aliphatic rings. The molecule has 0 aliphatic heterocycles. The highest BCUT2D eigenvalue weighted by Gasteiger charge is 1.96. The number of hydrogen-bond donors (Lipinski definition) is 0. The largest absolute Gasteiger partial charge is 0.394 e. The summed E-state index contributed by atoms with van der Waals surface area (Å²) < 4.78 is 0. The van der Waals surface area contributed by atoms with Gasteiger partial charge in [-0.1, -0.05) is 6.92 Å². The minimum Gasteiger partial charge on any atom is -0.394 e. The molecule has 1 amide bonds. The van der Waals surface area contributed by atoms with E-state index in [2.05, 4.69) is 6.92 Å². The molecule has 8 heavy (non-hydrogen) atoms. The molecule has 0 heterocycles. The highest BCUT2D eigenvalue weighted by atomic mass is 16.2. The number of rotatable bonds is 2. The Morgan fingerprint density at radius 3 is 2.38 bits per heavy atom. The van der Waals surface area contributed by atoms with Gasteiger partial charge in [0.15, 0.2) is 0 Å². The van der Waals surface area contributed by atoms with Crippen molar-refractivity contribution in [1.82, 2.24) is 4.81 Å². The van der Waals surface area contributed by atoms with Gasteiger partial charge in [-0.15, -0.1) is 0 Å². The lowest BCUT2D eigenvalue weighted by Gasteiger charge is -2.12. The fourth-order valence-electron chi connectivity index (χ4n) is 0.493. The molecule has 0 radical (unpaired) electrons. The van der Waals surface area contributed by atoms with E-state index >= 15 is 0 Å². The maximum absolute atomic E-state index is 10.5. The number of carbonyl (C=O) groups excluding carboxylic acids is 1. The summed E-state index contributed by atoms with van der Waals surface area (Å²) in [6.07, 6.45) is 1.04. The van der Waals surface area contributed by atoms with Crippen LogP contribution in [-0.4, -0.2) is 25.2 Å². The van der Waals surface area contributed by atoms with E-state index in [4.69, 9.17) is 0 Å². The van der Waals surface area contributed by atoms with Crippen molar-refractivity contribution in [2.24, 2.45) is 0 Å². The highest BCUT2D eigenvalue weighted by Crippen LogP contribution is 1.83. The van der Waals surface area contributed by atoms with Crippen LogP contribution in [-0.2, 0) is 4.79 Å². The van der Waals surface area contributed by atoms with Gasteiger partial charge in [-0.3, -0.25) is 4.79 Å². The fourth-order valence-corrected chi connectivity index (χ4v) is 0.493. The molecule has 0 aliphatic carbocycles. The van der Waals surface area contributed by atoms with Crippen LogP contribution in [0, 0.1) is 0 Å². The first-order chi connectivity index (χ1) is 3.68. The van der Waals surface area contributed by atoms with Crippen molar-refractivity contribution >= 4 is 13.9 Å². The minimum absolute atomic E-state index is 0.145.